The van der Waals surface area contributed by atoms with Gasteiger partial charge in [-0.05, 0) is 53.5 Å². The molecule has 0 radical (unpaired) electrons. The highest BCUT2D eigenvalue weighted by Crippen LogP contribution is 2.30. The first kappa shape index (κ1) is 19.2. The monoisotopic (exact) mass is 404 g/mol. The summed E-state index contributed by atoms with van der Waals surface area (Å²) in [7, 11) is 6.04. The number of aromatic nitrogens is 1. The Balaban J connectivity index is 2.11. The molecule has 2 aromatic rings. The van der Waals surface area contributed by atoms with Gasteiger partial charge in [0.15, 0.2) is 0 Å². The van der Waals surface area contributed by atoms with E-state index in [0.29, 0.717) is 12.5 Å². The fraction of sp³-hybridized carbons (Fsp3) is 0.368. The molecule has 2 rings (SSSR count). The maximum Gasteiger partial charge on any atom is 0.228 e. The summed E-state index contributed by atoms with van der Waals surface area (Å²) in [6, 6.07) is 10.2. The predicted octanol–water partition coefficient (Wildman–Crippen LogP) is 4.41. The summed E-state index contributed by atoms with van der Waals surface area (Å²) in [5.74, 6) is 0.579. The lowest BCUT2D eigenvalue weighted by Crippen LogP contribution is -2.14. The van der Waals surface area contributed by atoms with Crippen molar-refractivity contribution < 1.29 is 4.74 Å². The molecule has 134 valence electrons. The van der Waals surface area contributed by atoms with Crippen molar-refractivity contribution in [2.45, 2.75) is 20.5 Å². The summed E-state index contributed by atoms with van der Waals surface area (Å²) in [6.45, 7) is 5.39. The molecule has 5 nitrogen and oxygen atoms in total. The molecule has 0 aliphatic carbocycles. The normalized spacial score (nSPS) is 11.0. The number of aliphatic imine (C=N–C) groups is 1. The molecule has 0 aliphatic heterocycles. The Labute approximate surface area is 158 Å². The van der Waals surface area contributed by atoms with E-state index < -0.39 is 0 Å². The molecule has 0 saturated heterocycles. The average Bonchev–Trinajstić information content (AvgIpc) is 2.60. The van der Waals surface area contributed by atoms with E-state index in [1.165, 1.54) is 0 Å². The Kier molecular flexibility index (Phi) is 6.82. The zero-order valence-corrected chi connectivity index (χ0v) is 17.0. The van der Waals surface area contributed by atoms with Gasteiger partial charge in [0, 0.05) is 33.4 Å². The van der Waals surface area contributed by atoms with Crippen molar-refractivity contribution in [2.75, 3.05) is 32.6 Å². The topological polar surface area (TPSA) is 41.0 Å². The molecule has 6 heteroatoms. The van der Waals surface area contributed by atoms with E-state index in [1.54, 1.807) is 0 Å². The zero-order valence-electron chi connectivity index (χ0n) is 15.5. The van der Waals surface area contributed by atoms with E-state index in [-0.39, 0.29) is 0 Å². The SMILES string of the molecule is CCN(C)/C=N/c1cc(Br)c(OCc2cccc(N(C)C)c2)nc1C. The highest BCUT2D eigenvalue weighted by Gasteiger charge is 2.09. The van der Waals surface area contributed by atoms with Gasteiger partial charge in [0.25, 0.3) is 0 Å². The first-order valence-corrected chi connectivity index (χ1v) is 9.00. The van der Waals surface area contributed by atoms with E-state index in [0.717, 1.165) is 33.6 Å². The molecule has 0 amide bonds. The minimum absolute atomic E-state index is 0.466. The predicted molar refractivity (Wildman–Crippen MR) is 108 cm³/mol. The van der Waals surface area contributed by atoms with Crippen LogP contribution >= 0.6 is 15.9 Å². The van der Waals surface area contributed by atoms with Crippen molar-refractivity contribution in [3.8, 4) is 5.88 Å². The molecular weight excluding hydrogens is 380 g/mol. The van der Waals surface area contributed by atoms with Gasteiger partial charge >= 0.3 is 0 Å². The fourth-order valence-corrected chi connectivity index (χ4v) is 2.52. The first-order chi connectivity index (χ1) is 11.9. The number of anilines is 1. The Bertz CT molecular complexity index is 746. The van der Waals surface area contributed by atoms with Crippen LogP contribution in [0.15, 0.2) is 39.8 Å². The summed E-state index contributed by atoms with van der Waals surface area (Å²) < 4.78 is 6.70. The van der Waals surface area contributed by atoms with Crippen LogP contribution in [0.25, 0.3) is 0 Å². The molecule has 0 atom stereocenters. The lowest BCUT2D eigenvalue weighted by atomic mass is 10.2. The molecular formula is C19H25BrN4O. The van der Waals surface area contributed by atoms with Crippen LogP contribution in [0.4, 0.5) is 11.4 Å². The lowest BCUT2D eigenvalue weighted by molar-refractivity contribution is 0.291. The van der Waals surface area contributed by atoms with Gasteiger partial charge in [0.05, 0.1) is 22.2 Å². The van der Waals surface area contributed by atoms with E-state index >= 15 is 0 Å². The smallest absolute Gasteiger partial charge is 0.228 e. The molecule has 1 aromatic carbocycles. The highest BCUT2D eigenvalue weighted by molar-refractivity contribution is 9.10. The molecule has 0 aliphatic rings. The highest BCUT2D eigenvalue weighted by atomic mass is 79.9. The van der Waals surface area contributed by atoms with Crippen molar-refractivity contribution in [1.29, 1.82) is 0 Å². The molecule has 0 spiro atoms. The van der Waals surface area contributed by atoms with E-state index in [4.69, 9.17) is 4.74 Å². The minimum atomic E-state index is 0.466. The minimum Gasteiger partial charge on any atom is -0.472 e. The fourth-order valence-electron chi connectivity index (χ4n) is 2.10. The number of hydrogen-bond acceptors (Lipinski definition) is 4. The van der Waals surface area contributed by atoms with Gasteiger partial charge in [-0.1, -0.05) is 12.1 Å². The first-order valence-electron chi connectivity index (χ1n) is 8.21. The summed E-state index contributed by atoms with van der Waals surface area (Å²) in [5, 5.41) is 0. The van der Waals surface area contributed by atoms with Gasteiger partial charge < -0.3 is 14.5 Å². The average molecular weight is 405 g/mol. The van der Waals surface area contributed by atoms with Crippen LogP contribution in [0.5, 0.6) is 5.88 Å². The van der Waals surface area contributed by atoms with Gasteiger partial charge in [-0.15, -0.1) is 0 Å². The second-order valence-electron chi connectivity index (χ2n) is 6.05. The van der Waals surface area contributed by atoms with E-state index in [2.05, 4.69) is 49.9 Å². The maximum atomic E-state index is 5.90. The molecule has 1 aromatic heterocycles. The summed E-state index contributed by atoms with van der Waals surface area (Å²) >= 11 is 3.53. The quantitative estimate of drug-likeness (QED) is 0.506. The number of aryl methyl sites for hydroxylation is 1. The maximum absolute atomic E-state index is 5.90. The van der Waals surface area contributed by atoms with Crippen LogP contribution in [0.3, 0.4) is 0 Å². The van der Waals surface area contributed by atoms with Crippen LogP contribution in [0.1, 0.15) is 18.2 Å². The van der Waals surface area contributed by atoms with Crippen LogP contribution in [0.2, 0.25) is 0 Å². The third-order valence-electron chi connectivity index (χ3n) is 3.80. The second-order valence-corrected chi connectivity index (χ2v) is 6.91. The standard InChI is InChI=1S/C19H25BrN4O/c1-6-24(5)13-21-18-11-17(20)19(22-14(18)2)25-12-15-8-7-9-16(10-15)23(3)4/h7-11,13H,6,12H2,1-5H3/b21-13+. The van der Waals surface area contributed by atoms with Crippen molar-refractivity contribution in [3.63, 3.8) is 0 Å². The molecule has 0 saturated carbocycles. The van der Waals surface area contributed by atoms with Crippen LogP contribution in [-0.4, -0.2) is 43.9 Å². The molecule has 0 unspecified atom stereocenters. The Morgan fingerprint density at radius 2 is 2.00 bits per heavy atom. The molecule has 0 bridgehead atoms. The van der Waals surface area contributed by atoms with Crippen molar-refractivity contribution in [1.82, 2.24) is 9.88 Å². The third kappa shape index (κ3) is 5.46. The third-order valence-corrected chi connectivity index (χ3v) is 4.37. The largest absolute Gasteiger partial charge is 0.472 e. The number of pyridine rings is 1. The number of rotatable bonds is 7. The zero-order chi connectivity index (χ0) is 18.4. The number of ether oxygens (including phenoxy) is 1. The molecule has 0 fully saturated rings. The molecule has 25 heavy (non-hydrogen) atoms. The Morgan fingerprint density at radius 3 is 2.68 bits per heavy atom. The van der Waals surface area contributed by atoms with Gasteiger partial charge in [0.1, 0.15) is 6.61 Å². The van der Waals surface area contributed by atoms with Gasteiger partial charge in [-0.2, -0.15) is 0 Å². The summed E-state index contributed by atoms with van der Waals surface area (Å²) in [6.07, 6.45) is 1.81. The molecule has 0 N–H and O–H groups in total. The van der Waals surface area contributed by atoms with E-state index in [9.17, 15) is 0 Å². The second kappa shape index (κ2) is 8.85. The van der Waals surface area contributed by atoms with Crippen LogP contribution < -0.4 is 9.64 Å². The Morgan fingerprint density at radius 1 is 1.24 bits per heavy atom. The number of halogens is 1. The Hall–Kier alpha value is -2.08. The van der Waals surface area contributed by atoms with E-state index in [1.807, 2.05) is 57.5 Å². The van der Waals surface area contributed by atoms with Crippen LogP contribution in [0, 0.1) is 6.92 Å². The number of hydrogen-bond donors (Lipinski definition) is 0. The molecule has 1 heterocycles. The number of nitrogens with zero attached hydrogens (tertiary/aromatic N) is 4. The van der Waals surface area contributed by atoms with Gasteiger partial charge in [-0.3, -0.25) is 0 Å². The van der Waals surface area contributed by atoms with Gasteiger partial charge in [0.2, 0.25) is 5.88 Å². The van der Waals surface area contributed by atoms with Crippen molar-refractivity contribution in [3.05, 3.63) is 46.1 Å². The lowest BCUT2D eigenvalue weighted by Gasteiger charge is -2.14. The summed E-state index contributed by atoms with van der Waals surface area (Å²) in [5.41, 5.74) is 3.91. The number of benzene rings is 1. The van der Waals surface area contributed by atoms with Crippen molar-refractivity contribution >= 4 is 33.6 Å². The van der Waals surface area contributed by atoms with Crippen LogP contribution in [-0.2, 0) is 6.61 Å². The summed E-state index contributed by atoms with van der Waals surface area (Å²) in [4.78, 5) is 13.1. The van der Waals surface area contributed by atoms with Crippen molar-refractivity contribution in [2.24, 2.45) is 4.99 Å². The van der Waals surface area contributed by atoms with Gasteiger partial charge in [-0.25, -0.2) is 9.98 Å².